The molecule has 16 heavy (non-hydrogen) atoms. The van der Waals surface area contributed by atoms with E-state index >= 15 is 0 Å². The molecule has 1 amide bonds. The summed E-state index contributed by atoms with van der Waals surface area (Å²) in [6.07, 6.45) is 1.53. The summed E-state index contributed by atoms with van der Waals surface area (Å²) in [5, 5.41) is 5.70. The fraction of sp³-hybridized carbons (Fsp3) is 0.300. The molecule has 5 nitrogen and oxygen atoms in total. The number of thioether (sulfide) groups is 1. The van der Waals surface area contributed by atoms with E-state index < -0.39 is 0 Å². The van der Waals surface area contributed by atoms with Crippen molar-refractivity contribution >= 4 is 34.9 Å². The molecule has 2 N–H and O–H groups in total. The normalized spacial score (nSPS) is 23.5. The zero-order valence-corrected chi connectivity index (χ0v) is 9.28. The molecule has 1 fully saturated rings. The standard InChI is InChI=1S/C10H10N4OS/c11-6-1-2-9(12-3-6)14-10(15)7-4-16-5-8(7)13-14/h1-3,7H,4-5,11H2. The van der Waals surface area contributed by atoms with E-state index in [2.05, 4.69) is 10.1 Å². The first-order valence-electron chi connectivity index (χ1n) is 4.96. The minimum absolute atomic E-state index is 0.0253. The third-order valence-corrected chi connectivity index (χ3v) is 3.73. The lowest BCUT2D eigenvalue weighted by atomic mass is 10.1. The number of hydrogen-bond acceptors (Lipinski definition) is 5. The third kappa shape index (κ3) is 1.37. The van der Waals surface area contributed by atoms with Gasteiger partial charge in [-0.15, -0.1) is 0 Å². The smallest absolute Gasteiger partial charge is 0.258 e. The Morgan fingerprint density at radius 1 is 1.50 bits per heavy atom. The van der Waals surface area contributed by atoms with Crippen molar-refractivity contribution in [3.8, 4) is 0 Å². The average molecular weight is 234 g/mol. The molecular weight excluding hydrogens is 224 g/mol. The van der Waals surface area contributed by atoms with Gasteiger partial charge in [0.25, 0.3) is 5.91 Å². The highest BCUT2D eigenvalue weighted by Gasteiger charge is 2.40. The third-order valence-electron chi connectivity index (χ3n) is 2.66. The summed E-state index contributed by atoms with van der Waals surface area (Å²) in [5.41, 5.74) is 7.10. The lowest BCUT2D eigenvalue weighted by Gasteiger charge is -2.12. The van der Waals surface area contributed by atoms with Crippen LogP contribution < -0.4 is 10.7 Å². The number of nitrogen functional groups attached to an aromatic ring is 1. The first-order chi connectivity index (χ1) is 7.75. The second-order valence-electron chi connectivity index (χ2n) is 3.76. The average Bonchev–Trinajstić information content (AvgIpc) is 2.84. The Kier molecular flexibility index (Phi) is 2.10. The minimum atomic E-state index is -0.0376. The highest BCUT2D eigenvalue weighted by molar-refractivity contribution is 8.00. The Labute approximate surface area is 96.7 Å². The number of nitrogens with zero attached hydrogens (tertiary/aromatic N) is 3. The fourth-order valence-corrected chi connectivity index (χ4v) is 2.96. The maximum absolute atomic E-state index is 12.0. The van der Waals surface area contributed by atoms with Gasteiger partial charge in [-0.25, -0.2) is 4.98 Å². The molecule has 3 heterocycles. The van der Waals surface area contributed by atoms with Crippen LogP contribution >= 0.6 is 11.8 Å². The van der Waals surface area contributed by atoms with Crippen LogP contribution in [-0.2, 0) is 4.79 Å². The molecule has 1 atom stereocenters. The summed E-state index contributed by atoms with van der Waals surface area (Å²) >= 11 is 1.75. The Bertz CT molecular complexity index is 470. The van der Waals surface area contributed by atoms with E-state index in [0.29, 0.717) is 11.5 Å². The van der Waals surface area contributed by atoms with Crippen molar-refractivity contribution in [2.75, 3.05) is 22.2 Å². The van der Waals surface area contributed by atoms with E-state index in [1.54, 1.807) is 23.9 Å². The maximum Gasteiger partial charge on any atom is 0.258 e. The van der Waals surface area contributed by atoms with E-state index in [1.807, 2.05) is 0 Å². The van der Waals surface area contributed by atoms with Gasteiger partial charge < -0.3 is 5.73 Å². The van der Waals surface area contributed by atoms with E-state index in [4.69, 9.17) is 5.73 Å². The molecule has 0 bridgehead atoms. The van der Waals surface area contributed by atoms with Crippen molar-refractivity contribution in [1.82, 2.24) is 4.98 Å². The van der Waals surface area contributed by atoms with Crippen LogP contribution in [0.4, 0.5) is 11.5 Å². The molecule has 0 spiro atoms. The van der Waals surface area contributed by atoms with Crippen LogP contribution in [0.2, 0.25) is 0 Å². The van der Waals surface area contributed by atoms with E-state index in [0.717, 1.165) is 17.2 Å². The van der Waals surface area contributed by atoms with Gasteiger partial charge in [0, 0.05) is 11.5 Å². The number of amides is 1. The zero-order valence-electron chi connectivity index (χ0n) is 8.46. The molecule has 1 saturated heterocycles. The molecular formula is C10H10N4OS. The number of hydrogen-bond donors (Lipinski definition) is 1. The van der Waals surface area contributed by atoms with Crippen LogP contribution in [0.25, 0.3) is 0 Å². The Morgan fingerprint density at radius 2 is 2.38 bits per heavy atom. The van der Waals surface area contributed by atoms with Crippen molar-refractivity contribution in [1.29, 1.82) is 0 Å². The predicted octanol–water partition coefficient (Wildman–Crippen LogP) is 0.729. The molecule has 0 aliphatic carbocycles. The minimum Gasteiger partial charge on any atom is -0.397 e. The summed E-state index contributed by atoms with van der Waals surface area (Å²) in [6.45, 7) is 0. The number of hydrazone groups is 1. The Hall–Kier alpha value is -1.56. The molecule has 0 radical (unpaired) electrons. The number of fused-ring (bicyclic) bond motifs is 1. The lowest BCUT2D eigenvalue weighted by Crippen LogP contribution is -2.27. The van der Waals surface area contributed by atoms with Gasteiger partial charge in [0.2, 0.25) is 0 Å². The summed E-state index contributed by atoms with van der Waals surface area (Å²) in [6, 6.07) is 3.43. The van der Waals surface area contributed by atoms with Crippen molar-refractivity contribution in [2.45, 2.75) is 0 Å². The van der Waals surface area contributed by atoms with Crippen LogP contribution in [-0.4, -0.2) is 28.1 Å². The van der Waals surface area contributed by atoms with E-state index in [1.165, 1.54) is 11.2 Å². The highest BCUT2D eigenvalue weighted by Crippen LogP contribution is 2.31. The van der Waals surface area contributed by atoms with Gasteiger partial charge in [-0.2, -0.15) is 21.9 Å². The zero-order chi connectivity index (χ0) is 11.1. The van der Waals surface area contributed by atoms with Crippen LogP contribution in [0.5, 0.6) is 0 Å². The molecule has 82 valence electrons. The van der Waals surface area contributed by atoms with Gasteiger partial charge in [0.1, 0.15) is 0 Å². The number of aromatic nitrogens is 1. The van der Waals surface area contributed by atoms with Gasteiger partial charge in [-0.3, -0.25) is 4.79 Å². The largest absolute Gasteiger partial charge is 0.397 e. The number of rotatable bonds is 1. The van der Waals surface area contributed by atoms with Crippen LogP contribution in [0.15, 0.2) is 23.4 Å². The van der Waals surface area contributed by atoms with Crippen molar-refractivity contribution in [3.05, 3.63) is 18.3 Å². The Morgan fingerprint density at radius 3 is 3.06 bits per heavy atom. The summed E-state index contributed by atoms with van der Waals surface area (Å²) in [5.74, 6) is 2.22. The predicted molar refractivity (Wildman–Crippen MR) is 64.4 cm³/mol. The maximum atomic E-state index is 12.0. The lowest BCUT2D eigenvalue weighted by molar-refractivity contribution is -0.119. The summed E-state index contributed by atoms with van der Waals surface area (Å²) < 4.78 is 0. The van der Waals surface area contributed by atoms with Crippen molar-refractivity contribution < 1.29 is 4.79 Å². The number of pyridine rings is 1. The number of anilines is 2. The highest BCUT2D eigenvalue weighted by atomic mass is 32.2. The second kappa shape index (κ2) is 3.48. The molecule has 2 aliphatic rings. The molecule has 1 aromatic rings. The second-order valence-corrected chi connectivity index (χ2v) is 4.79. The first-order valence-corrected chi connectivity index (χ1v) is 6.12. The summed E-state index contributed by atoms with van der Waals surface area (Å²) in [7, 11) is 0. The van der Waals surface area contributed by atoms with Crippen LogP contribution in [0, 0.1) is 5.92 Å². The first kappa shape index (κ1) is 9.65. The monoisotopic (exact) mass is 234 g/mol. The van der Waals surface area contributed by atoms with Gasteiger partial charge >= 0.3 is 0 Å². The van der Waals surface area contributed by atoms with E-state index in [-0.39, 0.29) is 11.8 Å². The molecule has 1 unspecified atom stereocenters. The number of carbonyl (C=O) groups excluding carboxylic acids is 1. The fourth-order valence-electron chi connectivity index (χ4n) is 1.80. The van der Waals surface area contributed by atoms with Crippen LogP contribution in [0.3, 0.4) is 0 Å². The molecule has 0 aromatic carbocycles. The van der Waals surface area contributed by atoms with Gasteiger partial charge in [0.15, 0.2) is 5.82 Å². The topological polar surface area (TPSA) is 71.6 Å². The van der Waals surface area contributed by atoms with Crippen LogP contribution in [0.1, 0.15) is 0 Å². The number of carbonyl (C=O) groups is 1. The Balaban J connectivity index is 1.94. The van der Waals surface area contributed by atoms with Crippen molar-refractivity contribution in [2.24, 2.45) is 11.0 Å². The van der Waals surface area contributed by atoms with E-state index in [9.17, 15) is 4.79 Å². The molecule has 3 rings (SSSR count). The quantitative estimate of drug-likeness (QED) is 0.777. The molecule has 0 saturated carbocycles. The molecule has 1 aromatic heterocycles. The van der Waals surface area contributed by atoms with Gasteiger partial charge in [-0.1, -0.05) is 0 Å². The number of nitrogens with two attached hydrogens (primary N) is 1. The van der Waals surface area contributed by atoms with Gasteiger partial charge in [0.05, 0.1) is 23.5 Å². The summed E-state index contributed by atoms with van der Waals surface area (Å²) in [4.78, 5) is 16.1. The molecule has 2 aliphatic heterocycles. The molecule has 6 heteroatoms. The SMILES string of the molecule is Nc1ccc(N2N=C3CSCC3C2=O)nc1. The van der Waals surface area contributed by atoms with Crippen molar-refractivity contribution in [3.63, 3.8) is 0 Å². The van der Waals surface area contributed by atoms with Gasteiger partial charge in [-0.05, 0) is 12.1 Å².